The Morgan fingerprint density at radius 1 is 0.783 bits per heavy atom. The van der Waals surface area contributed by atoms with Crippen molar-refractivity contribution in [3.05, 3.63) is 140 Å². The number of pyridine rings is 1. The molecule has 1 aromatic heterocycles. The first kappa shape index (κ1) is 41.2. The van der Waals surface area contributed by atoms with Gasteiger partial charge in [0.05, 0.1) is 5.54 Å². The average molecular weight is 983 g/mol. The molecule has 5 aromatic rings. The largest absolute Gasteiger partial charge is 2.00 e. The van der Waals surface area contributed by atoms with Gasteiger partial charge in [0.2, 0.25) is 0 Å². The third kappa shape index (κ3) is 7.35. The molecule has 1 aliphatic carbocycles. The first-order chi connectivity index (χ1) is 28.1. The molecular formula is C54H63N3O2Pt. The second-order valence-corrected chi connectivity index (χ2v) is 21.3. The molecule has 0 radical (unpaired) electrons. The number of nitrogens with zero attached hydrogens (tertiary/aromatic N) is 3. The van der Waals surface area contributed by atoms with Crippen LogP contribution in [-0.2, 0) is 60.3 Å². The maximum Gasteiger partial charge on any atom is 2.00 e. The monoisotopic (exact) mass is 982 g/mol. The summed E-state index contributed by atoms with van der Waals surface area (Å²) in [7, 11) is 0. The van der Waals surface area contributed by atoms with Crippen LogP contribution in [0.5, 0.6) is 11.5 Å². The van der Waals surface area contributed by atoms with Crippen molar-refractivity contribution < 1.29 is 33.3 Å². The van der Waals surface area contributed by atoms with E-state index in [0.29, 0.717) is 34.9 Å². The molecule has 0 saturated heterocycles. The Balaban J connectivity index is 0.00000578. The number of hydrogen-bond donors (Lipinski definition) is 0. The molecule has 0 saturated carbocycles. The van der Waals surface area contributed by atoms with E-state index < -0.39 is 17.5 Å². The Morgan fingerprint density at radius 3 is 2.13 bits per heavy atom. The predicted molar refractivity (Wildman–Crippen MR) is 244 cm³/mol. The zero-order chi connectivity index (χ0) is 44.6. The van der Waals surface area contributed by atoms with E-state index in [1.807, 2.05) is 38.2 Å². The minimum absolute atomic E-state index is 0. The van der Waals surface area contributed by atoms with Crippen LogP contribution in [0.25, 0.3) is 0 Å². The van der Waals surface area contributed by atoms with Gasteiger partial charge in [-0.3, -0.25) is 4.99 Å². The van der Waals surface area contributed by atoms with Gasteiger partial charge in [-0.05, 0) is 95.0 Å². The molecule has 3 aliphatic rings. The third-order valence-corrected chi connectivity index (χ3v) is 13.1. The van der Waals surface area contributed by atoms with Crippen LogP contribution in [0.3, 0.4) is 0 Å². The summed E-state index contributed by atoms with van der Waals surface area (Å²) in [5, 5.41) is 0. The van der Waals surface area contributed by atoms with Crippen LogP contribution >= 0.6 is 0 Å². The fraction of sp³-hybridized carbons (Fsp3) is 0.444. The van der Waals surface area contributed by atoms with Crippen LogP contribution < -0.4 is 9.64 Å². The molecule has 0 bridgehead atoms. The fourth-order valence-electron chi connectivity index (χ4n) is 9.62. The van der Waals surface area contributed by atoms with E-state index in [9.17, 15) is 2.74 Å². The van der Waals surface area contributed by atoms with Crippen LogP contribution in [0, 0.1) is 32.9 Å². The van der Waals surface area contributed by atoms with Gasteiger partial charge < -0.3 is 14.4 Å². The van der Waals surface area contributed by atoms with E-state index in [0.717, 1.165) is 50.6 Å². The van der Waals surface area contributed by atoms with Crippen molar-refractivity contribution >= 4 is 23.1 Å². The molecule has 0 N–H and O–H groups in total. The number of aliphatic imine (C=N–C) groups is 1. The molecule has 60 heavy (non-hydrogen) atoms. The minimum Gasteiger partial charge on any atom is -0.511 e. The third-order valence-electron chi connectivity index (χ3n) is 13.1. The molecule has 6 heteroatoms. The molecule has 2 atom stereocenters. The van der Waals surface area contributed by atoms with Gasteiger partial charge in [-0.2, -0.15) is 5.56 Å². The average Bonchev–Trinajstić information content (AvgIpc) is 3.42. The Labute approximate surface area is 377 Å². The van der Waals surface area contributed by atoms with E-state index in [2.05, 4.69) is 156 Å². The smallest absolute Gasteiger partial charge is 0.511 e. The maximum absolute atomic E-state index is 9.77. The quantitative estimate of drug-likeness (QED) is 0.168. The fourth-order valence-corrected chi connectivity index (χ4v) is 9.62. The summed E-state index contributed by atoms with van der Waals surface area (Å²) in [6.07, 6.45) is 0.593. The van der Waals surface area contributed by atoms with Gasteiger partial charge in [0, 0.05) is 49.9 Å². The Kier molecular flexibility index (Phi) is 9.90. The van der Waals surface area contributed by atoms with Crippen molar-refractivity contribution in [2.75, 3.05) is 4.90 Å². The topological polar surface area (TPSA) is 47.0 Å². The second-order valence-electron chi connectivity index (χ2n) is 21.3. The van der Waals surface area contributed by atoms with Crippen LogP contribution in [-0.4, -0.2) is 22.0 Å². The molecule has 4 aromatic carbocycles. The van der Waals surface area contributed by atoms with Crippen LogP contribution in [0.2, 0.25) is 0 Å². The molecule has 0 amide bonds. The van der Waals surface area contributed by atoms with Gasteiger partial charge in [-0.15, -0.1) is 29.8 Å². The van der Waals surface area contributed by atoms with Crippen molar-refractivity contribution in [1.29, 1.82) is 0 Å². The number of aryl methyl sites for hydroxylation is 2. The number of anilines is 3. The molecule has 3 heterocycles. The summed E-state index contributed by atoms with van der Waals surface area (Å²) >= 11 is 0. The van der Waals surface area contributed by atoms with Crippen molar-refractivity contribution in [1.82, 2.24) is 4.98 Å². The molecule has 0 unspecified atom stereocenters. The summed E-state index contributed by atoms with van der Waals surface area (Å²) in [5.74, 6) is 2.31. The van der Waals surface area contributed by atoms with Gasteiger partial charge in [-0.25, -0.2) is 4.98 Å². The number of rotatable bonds is 4. The zero-order valence-electron chi connectivity index (χ0n) is 40.5. The minimum atomic E-state index is -1.80. The molecule has 8 rings (SSSR count). The van der Waals surface area contributed by atoms with Crippen LogP contribution in [0.4, 0.5) is 17.2 Å². The number of ether oxygens (including phenoxy) is 2. The summed E-state index contributed by atoms with van der Waals surface area (Å²) in [6.45, 7) is 34.8. The van der Waals surface area contributed by atoms with E-state index in [-0.39, 0.29) is 42.7 Å². The first-order valence-corrected chi connectivity index (χ1v) is 21.2. The zero-order valence-corrected chi connectivity index (χ0v) is 40.8. The molecule has 0 fully saturated rings. The molecule has 5 nitrogen and oxygen atoms in total. The summed E-state index contributed by atoms with van der Waals surface area (Å²) < 4.78 is 33.3. The molecule has 2 aliphatic heterocycles. The Bertz CT molecular complexity index is 2660. The first-order valence-electron chi connectivity index (χ1n) is 22.2. The van der Waals surface area contributed by atoms with E-state index in [1.165, 1.54) is 16.7 Å². The van der Waals surface area contributed by atoms with Crippen LogP contribution in [0.15, 0.2) is 71.9 Å². The van der Waals surface area contributed by atoms with Gasteiger partial charge in [0.25, 0.3) is 0 Å². The number of aromatic nitrogens is 1. The molecular weight excluding hydrogens is 918 g/mol. The normalized spacial score (nSPS) is 21.9. The van der Waals surface area contributed by atoms with E-state index in [1.54, 1.807) is 0 Å². The predicted octanol–water partition coefficient (Wildman–Crippen LogP) is 13.5. The van der Waals surface area contributed by atoms with Gasteiger partial charge in [0.15, 0.2) is 0 Å². The van der Waals surface area contributed by atoms with Gasteiger partial charge >= 0.3 is 21.1 Å². The number of hydrogen-bond acceptors (Lipinski definition) is 5. The maximum atomic E-state index is 9.77. The van der Waals surface area contributed by atoms with E-state index >= 15 is 0 Å². The number of fused-ring (bicyclic) bond motifs is 4. The molecule has 0 spiro atoms. The van der Waals surface area contributed by atoms with Crippen molar-refractivity contribution in [3.8, 4) is 11.5 Å². The summed E-state index contributed by atoms with van der Waals surface area (Å²) in [4.78, 5) is 12.4. The van der Waals surface area contributed by atoms with Gasteiger partial charge in [-0.1, -0.05) is 131 Å². The SMILES string of the molecule is [2H]C1([2H])c2cc(C)c(C(C)(C)C)c(C)c2C[C@]2(C)OC(c3[c-]c(Oc4[c-]c(N5c6ccc(C(C)(C)C)cc6C(C)(C)c6cccnc65)cc(C)c4)cc(C(C)(C)C)c3)=N[C@@]12C.[Pt+2]. The van der Waals surface area contributed by atoms with Gasteiger partial charge in [0.1, 0.15) is 17.3 Å². The van der Waals surface area contributed by atoms with Crippen molar-refractivity contribution in [3.63, 3.8) is 0 Å². The summed E-state index contributed by atoms with van der Waals surface area (Å²) in [5.41, 5.74) is 10.7. The van der Waals surface area contributed by atoms with Crippen LogP contribution in [0.1, 0.15) is 154 Å². The van der Waals surface area contributed by atoms with Crippen molar-refractivity contribution in [2.24, 2.45) is 4.99 Å². The molecule has 316 valence electrons. The second kappa shape index (κ2) is 14.4. The number of benzene rings is 4. The standard InChI is InChI=1S/C54H63N3O2.Pt/c1-32-22-39(57-45-20-19-37(49(4,5)6)28-44(45)52(13,14)43-18-17-21-55-47(43)57)29-40(23-32)58-41-26-35(25-38(27-41)50(7,8)9)48-56-53(15)30-36-24-33(2)46(51(10,11)12)34(3)42(36)31-54(53,16)59-48;/h17-25,27-28H,30-31H2,1-16H3;/q-2;+2/t53-,54-;/m0./s1/i30D2;. The van der Waals surface area contributed by atoms with Crippen molar-refractivity contribution in [2.45, 2.75) is 156 Å². The Morgan fingerprint density at radius 2 is 1.47 bits per heavy atom. The summed E-state index contributed by atoms with van der Waals surface area (Å²) in [6, 6.07) is 28.5. The van der Waals surface area contributed by atoms with E-state index in [4.69, 9.17) is 19.5 Å². The Hall–Kier alpha value is -4.21.